The quantitative estimate of drug-likeness (QED) is 0.597. The number of rotatable bonds is 10. The van der Waals surface area contributed by atoms with Crippen molar-refractivity contribution in [1.82, 2.24) is 14.4 Å². The number of hydrogen-bond acceptors (Lipinski definition) is 2. The summed E-state index contributed by atoms with van der Waals surface area (Å²) in [5, 5.41) is 0. The fourth-order valence-electron chi connectivity index (χ4n) is 4.00. The van der Waals surface area contributed by atoms with Crippen molar-refractivity contribution in [3.05, 3.63) is 24.0 Å². The molecule has 2 amide bonds. The maximum atomic E-state index is 13.2. The number of hydrogen-bond donors (Lipinski definition) is 0. The Morgan fingerprint density at radius 1 is 1.21 bits per heavy atom. The van der Waals surface area contributed by atoms with Crippen molar-refractivity contribution >= 4 is 11.8 Å². The molecule has 1 aliphatic carbocycles. The van der Waals surface area contributed by atoms with E-state index in [9.17, 15) is 9.59 Å². The molecule has 0 bridgehead atoms. The van der Waals surface area contributed by atoms with E-state index in [4.69, 9.17) is 0 Å². The van der Waals surface area contributed by atoms with Gasteiger partial charge in [-0.3, -0.25) is 9.59 Å². The lowest BCUT2D eigenvalue weighted by atomic mass is 9.88. The van der Waals surface area contributed by atoms with E-state index in [1.54, 1.807) is 0 Å². The van der Waals surface area contributed by atoms with Gasteiger partial charge in [-0.15, -0.1) is 0 Å². The van der Waals surface area contributed by atoms with Crippen LogP contribution in [0.1, 0.15) is 77.8 Å². The minimum Gasteiger partial charge on any atom is -0.353 e. The van der Waals surface area contributed by atoms with Crippen molar-refractivity contribution in [1.29, 1.82) is 0 Å². The Hall–Kier alpha value is -1.78. The summed E-state index contributed by atoms with van der Waals surface area (Å²) in [6, 6.07) is 4.17. The van der Waals surface area contributed by atoms with Crippen molar-refractivity contribution in [3.63, 3.8) is 0 Å². The van der Waals surface area contributed by atoms with Gasteiger partial charge in [-0.1, -0.05) is 39.5 Å². The number of nitrogens with zero attached hydrogens (tertiary/aromatic N) is 3. The summed E-state index contributed by atoms with van der Waals surface area (Å²) in [4.78, 5) is 30.2. The Morgan fingerprint density at radius 2 is 1.93 bits per heavy atom. The van der Waals surface area contributed by atoms with Crippen molar-refractivity contribution in [2.75, 3.05) is 13.1 Å². The zero-order chi connectivity index (χ0) is 20.5. The van der Waals surface area contributed by atoms with Gasteiger partial charge in [-0.25, -0.2) is 0 Å². The smallest absolute Gasteiger partial charge is 0.242 e. The van der Waals surface area contributed by atoms with Crippen LogP contribution in [0, 0.1) is 5.92 Å². The second-order valence-electron chi connectivity index (χ2n) is 8.34. The minimum atomic E-state index is 0.0686. The van der Waals surface area contributed by atoms with Gasteiger partial charge in [0, 0.05) is 37.4 Å². The molecule has 0 radical (unpaired) electrons. The Bertz CT molecular complexity index is 619. The van der Waals surface area contributed by atoms with E-state index < -0.39 is 0 Å². The average Bonchev–Trinajstić information content (AvgIpc) is 3.13. The van der Waals surface area contributed by atoms with E-state index >= 15 is 0 Å². The molecule has 1 saturated carbocycles. The summed E-state index contributed by atoms with van der Waals surface area (Å²) in [6.07, 6.45) is 10.4. The van der Waals surface area contributed by atoms with Gasteiger partial charge in [0.1, 0.15) is 6.54 Å². The van der Waals surface area contributed by atoms with Crippen LogP contribution >= 0.6 is 0 Å². The van der Waals surface area contributed by atoms with Crippen molar-refractivity contribution in [3.8, 4) is 0 Å². The summed E-state index contributed by atoms with van der Waals surface area (Å²) in [5.41, 5.74) is 1.12. The van der Waals surface area contributed by atoms with Gasteiger partial charge in [0.25, 0.3) is 0 Å². The van der Waals surface area contributed by atoms with Gasteiger partial charge >= 0.3 is 0 Å². The maximum absolute atomic E-state index is 13.2. The molecule has 1 atom stereocenters. The third-order valence-electron chi connectivity index (χ3n) is 6.20. The molecular formula is C23H39N3O2. The molecule has 0 aliphatic heterocycles. The number of amides is 2. The summed E-state index contributed by atoms with van der Waals surface area (Å²) >= 11 is 0. The predicted molar refractivity (Wildman–Crippen MR) is 114 cm³/mol. The van der Waals surface area contributed by atoms with E-state index in [1.165, 1.54) is 6.42 Å². The van der Waals surface area contributed by atoms with E-state index in [2.05, 4.69) is 31.4 Å². The average molecular weight is 390 g/mol. The monoisotopic (exact) mass is 389 g/mol. The van der Waals surface area contributed by atoms with E-state index in [1.807, 2.05) is 29.1 Å². The van der Waals surface area contributed by atoms with Gasteiger partial charge in [0.2, 0.25) is 11.8 Å². The van der Waals surface area contributed by atoms with Gasteiger partial charge in [0.15, 0.2) is 0 Å². The van der Waals surface area contributed by atoms with E-state index in [0.717, 1.165) is 57.2 Å². The van der Waals surface area contributed by atoms with Crippen LogP contribution in [0.25, 0.3) is 0 Å². The molecular weight excluding hydrogens is 350 g/mol. The van der Waals surface area contributed by atoms with Crippen LogP contribution in [0.4, 0.5) is 0 Å². The fraction of sp³-hybridized carbons (Fsp3) is 0.739. The molecule has 1 aromatic heterocycles. The first-order valence-corrected chi connectivity index (χ1v) is 11.2. The highest BCUT2D eigenvalue weighted by molar-refractivity contribution is 5.86. The highest BCUT2D eigenvalue weighted by Crippen LogP contribution is 2.26. The highest BCUT2D eigenvalue weighted by Gasteiger charge is 2.30. The Kier molecular flexibility index (Phi) is 9.07. The summed E-state index contributed by atoms with van der Waals surface area (Å²) in [5.74, 6) is 0.364. The molecule has 5 nitrogen and oxygen atoms in total. The fourth-order valence-corrected chi connectivity index (χ4v) is 4.00. The number of carbonyl (C=O) groups is 2. The van der Waals surface area contributed by atoms with Crippen molar-refractivity contribution in [2.45, 2.75) is 84.7 Å². The van der Waals surface area contributed by atoms with Crippen LogP contribution in [0.3, 0.4) is 0 Å². The first-order chi connectivity index (χ1) is 13.5. The lowest BCUT2D eigenvalue weighted by molar-refractivity contribution is -0.146. The molecule has 28 heavy (non-hydrogen) atoms. The maximum Gasteiger partial charge on any atom is 0.242 e. The highest BCUT2D eigenvalue weighted by atomic mass is 16.2. The first kappa shape index (κ1) is 22.5. The number of unbranched alkanes of at least 4 members (excludes halogenated alkanes) is 1. The molecule has 0 unspecified atom stereocenters. The number of carbonyl (C=O) groups excluding carboxylic acids is 2. The molecule has 2 rings (SSSR count). The molecule has 158 valence electrons. The predicted octanol–water partition coefficient (Wildman–Crippen LogP) is 4.36. The Morgan fingerprint density at radius 3 is 2.50 bits per heavy atom. The molecule has 0 saturated heterocycles. The summed E-state index contributed by atoms with van der Waals surface area (Å²) in [7, 11) is 2.01. The third kappa shape index (κ3) is 6.11. The Labute approximate surface area is 171 Å². The third-order valence-corrected chi connectivity index (χ3v) is 6.20. The normalized spacial score (nSPS) is 16.0. The Balaban J connectivity index is 2.10. The lowest BCUT2D eigenvalue weighted by Gasteiger charge is -2.34. The van der Waals surface area contributed by atoms with Crippen molar-refractivity contribution < 1.29 is 9.59 Å². The van der Waals surface area contributed by atoms with Crippen LogP contribution in [-0.4, -0.2) is 45.3 Å². The molecule has 5 heteroatoms. The van der Waals surface area contributed by atoms with Gasteiger partial charge in [-0.2, -0.15) is 0 Å². The first-order valence-electron chi connectivity index (χ1n) is 11.2. The van der Waals surface area contributed by atoms with Gasteiger partial charge < -0.3 is 14.4 Å². The topological polar surface area (TPSA) is 45.6 Å². The molecule has 0 aromatic carbocycles. The zero-order valence-electron chi connectivity index (χ0n) is 18.3. The van der Waals surface area contributed by atoms with Crippen LogP contribution in [0.2, 0.25) is 0 Å². The van der Waals surface area contributed by atoms with Gasteiger partial charge in [-0.05, 0) is 44.7 Å². The second kappa shape index (κ2) is 11.3. The zero-order valence-corrected chi connectivity index (χ0v) is 18.3. The standard InChI is InChI=1S/C23H39N3O2/c1-5-7-16-25(17-21-14-11-15-24(21)4)22(27)18-26(19(3)6-2)23(28)20-12-9-8-10-13-20/h11,14-15,19-20H,5-10,12-13,16-18H2,1-4H3/t19-/m1/s1. The molecule has 0 spiro atoms. The van der Waals surface area contributed by atoms with Crippen LogP contribution in [-0.2, 0) is 23.2 Å². The number of aryl methyl sites for hydroxylation is 1. The summed E-state index contributed by atoms with van der Waals surface area (Å²) in [6.45, 7) is 7.86. The lowest BCUT2D eigenvalue weighted by Crippen LogP contribution is -2.49. The molecule has 1 fully saturated rings. The van der Waals surface area contributed by atoms with Gasteiger partial charge in [0.05, 0.1) is 6.54 Å². The SMILES string of the molecule is CCCCN(Cc1cccn1C)C(=O)CN(C(=O)C1CCCCC1)[C@H](C)CC. The van der Waals surface area contributed by atoms with Crippen LogP contribution in [0.5, 0.6) is 0 Å². The molecule has 1 aromatic rings. The molecule has 1 aliphatic rings. The largest absolute Gasteiger partial charge is 0.353 e. The number of aromatic nitrogens is 1. The summed E-state index contributed by atoms with van der Waals surface area (Å²) < 4.78 is 2.06. The minimum absolute atomic E-state index is 0.0686. The van der Waals surface area contributed by atoms with Crippen LogP contribution in [0.15, 0.2) is 18.3 Å². The molecule has 1 heterocycles. The molecule has 0 N–H and O–H groups in total. The van der Waals surface area contributed by atoms with Crippen molar-refractivity contribution in [2.24, 2.45) is 13.0 Å². The second-order valence-corrected chi connectivity index (χ2v) is 8.34. The van der Waals surface area contributed by atoms with Crippen LogP contribution < -0.4 is 0 Å². The van der Waals surface area contributed by atoms with E-state index in [-0.39, 0.29) is 30.3 Å². The van der Waals surface area contributed by atoms with E-state index in [0.29, 0.717) is 6.54 Å².